The van der Waals surface area contributed by atoms with E-state index < -0.39 is 26.5 Å². The fourth-order valence-corrected chi connectivity index (χ4v) is 10.3. The molecule has 0 fully saturated rings. The van der Waals surface area contributed by atoms with Gasteiger partial charge >= 0.3 is 11.9 Å². The van der Waals surface area contributed by atoms with Gasteiger partial charge in [0.2, 0.25) is 0 Å². The number of hydrogen-bond donors (Lipinski definition) is 0. The van der Waals surface area contributed by atoms with E-state index in [-0.39, 0.29) is 32.0 Å². The molecule has 0 spiro atoms. The summed E-state index contributed by atoms with van der Waals surface area (Å²) in [5.41, 5.74) is 0. The largest absolute Gasteiger partial charge is 0.756 e. The van der Waals surface area contributed by atoms with Gasteiger partial charge in [0.25, 0.3) is 7.82 Å². The minimum atomic E-state index is -4.64. The molecular formula is C66H126NO8P. The molecule has 0 amide bonds. The van der Waals surface area contributed by atoms with E-state index in [0.717, 1.165) is 57.8 Å². The first-order valence-electron chi connectivity index (χ1n) is 32.7. The summed E-state index contributed by atoms with van der Waals surface area (Å²) in [4.78, 5) is 38.0. The fourth-order valence-electron chi connectivity index (χ4n) is 9.61. The molecular weight excluding hydrogens is 966 g/mol. The Bertz CT molecular complexity index is 1380. The van der Waals surface area contributed by atoms with Crippen molar-refractivity contribution >= 4 is 19.8 Å². The molecule has 9 nitrogen and oxygen atoms in total. The summed E-state index contributed by atoms with van der Waals surface area (Å²) >= 11 is 0. The lowest BCUT2D eigenvalue weighted by Crippen LogP contribution is -2.37. The number of likely N-dealkylation sites (N-methyl/N-ethyl adjacent to an activating group) is 1. The fraction of sp³-hybridized carbons (Fsp3) is 0.879. The van der Waals surface area contributed by atoms with Crippen molar-refractivity contribution in [1.29, 1.82) is 0 Å². The zero-order valence-electron chi connectivity index (χ0n) is 51.0. The van der Waals surface area contributed by atoms with E-state index >= 15 is 0 Å². The van der Waals surface area contributed by atoms with E-state index in [1.807, 2.05) is 21.1 Å². The predicted octanol–water partition coefficient (Wildman–Crippen LogP) is 20.1. The zero-order valence-corrected chi connectivity index (χ0v) is 51.9. The van der Waals surface area contributed by atoms with Gasteiger partial charge in [-0.3, -0.25) is 14.2 Å². The minimum absolute atomic E-state index is 0.0310. The minimum Gasteiger partial charge on any atom is -0.756 e. The van der Waals surface area contributed by atoms with Crippen molar-refractivity contribution in [2.24, 2.45) is 0 Å². The predicted molar refractivity (Wildman–Crippen MR) is 324 cm³/mol. The molecule has 0 radical (unpaired) electrons. The van der Waals surface area contributed by atoms with E-state index in [2.05, 4.69) is 50.3 Å². The van der Waals surface area contributed by atoms with Crippen LogP contribution in [-0.2, 0) is 32.7 Å². The second-order valence-corrected chi connectivity index (χ2v) is 24.9. The molecule has 0 rings (SSSR count). The molecule has 0 aromatic rings. The van der Waals surface area contributed by atoms with E-state index in [9.17, 15) is 19.0 Å². The van der Waals surface area contributed by atoms with Gasteiger partial charge in [-0.25, -0.2) is 0 Å². The summed E-state index contributed by atoms with van der Waals surface area (Å²) in [7, 11) is 1.17. The maximum absolute atomic E-state index is 12.8. The topological polar surface area (TPSA) is 111 Å². The van der Waals surface area contributed by atoms with Crippen molar-refractivity contribution in [3.63, 3.8) is 0 Å². The Balaban J connectivity index is 4.05. The van der Waals surface area contributed by atoms with Crippen LogP contribution in [0.2, 0.25) is 0 Å². The molecule has 0 aromatic heterocycles. The molecule has 0 N–H and O–H groups in total. The third kappa shape index (κ3) is 61.4. The van der Waals surface area contributed by atoms with Crippen LogP contribution in [0.25, 0.3) is 0 Å². The number of carbonyl (C=O) groups is 2. The van der Waals surface area contributed by atoms with Gasteiger partial charge in [0.15, 0.2) is 6.10 Å². The van der Waals surface area contributed by atoms with Crippen molar-refractivity contribution < 1.29 is 42.1 Å². The van der Waals surface area contributed by atoms with Crippen LogP contribution in [0.5, 0.6) is 0 Å². The van der Waals surface area contributed by atoms with Gasteiger partial charge in [-0.2, -0.15) is 0 Å². The highest BCUT2D eigenvalue weighted by Crippen LogP contribution is 2.38. The van der Waals surface area contributed by atoms with Crippen LogP contribution >= 0.6 is 7.82 Å². The van der Waals surface area contributed by atoms with E-state index in [4.69, 9.17) is 18.5 Å². The number of phosphoric ester groups is 1. The van der Waals surface area contributed by atoms with Gasteiger partial charge < -0.3 is 27.9 Å². The smallest absolute Gasteiger partial charge is 0.306 e. The van der Waals surface area contributed by atoms with E-state index in [1.54, 1.807) is 0 Å². The maximum Gasteiger partial charge on any atom is 0.306 e. The van der Waals surface area contributed by atoms with Crippen molar-refractivity contribution in [2.45, 2.75) is 328 Å². The van der Waals surface area contributed by atoms with Crippen LogP contribution in [0, 0.1) is 0 Å². The Kier molecular flexibility index (Phi) is 56.6. The Morgan fingerprint density at radius 1 is 0.408 bits per heavy atom. The van der Waals surface area contributed by atoms with Crippen LogP contribution in [0.4, 0.5) is 0 Å². The molecule has 2 unspecified atom stereocenters. The van der Waals surface area contributed by atoms with Gasteiger partial charge in [-0.05, 0) is 51.4 Å². The number of esters is 2. The first kappa shape index (κ1) is 74.2. The molecule has 0 heterocycles. The number of carbonyl (C=O) groups excluding carboxylic acids is 2. The molecule has 0 aliphatic heterocycles. The number of rotatable bonds is 61. The number of unbranched alkanes of at least 4 members (excludes halogenated alkanes) is 41. The molecule has 2 atom stereocenters. The van der Waals surface area contributed by atoms with Gasteiger partial charge in [0.05, 0.1) is 27.7 Å². The summed E-state index contributed by atoms with van der Waals surface area (Å²) in [6.07, 6.45) is 72.1. The van der Waals surface area contributed by atoms with Crippen LogP contribution in [-0.4, -0.2) is 70.0 Å². The number of quaternary nitrogens is 1. The third-order valence-electron chi connectivity index (χ3n) is 14.7. The molecule has 10 heteroatoms. The van der Waals surface area contributed by atoms with Crippen molar-refractivity contribution in [2.75, 3.05) is 47.5 Å². The summed E-state index contributed by atoms with van der Waals surface area (Å²) < 4.78 is 34.3. The summed E-state index contributed by atoms with van der Waals surface area (Å²) in [6, 6.07) is 0. The number of ether oxygens (including phenoxy) is 2. The molecule has 448 valence electrons. The van der Waals surface area contributed by atoms with E-state index in [1.165, 1.54) is 231 Å². The lowest BCUT2D eigenvalue weighted by molar-refractivity contribution is -0.870. The number of nitrogens with zero attached hydrogens (tertiary/aromatic N) is 1. The molecule has 0 aliphatic carbocycles. The van der Waals surface area contributed by atoms with Crippen molar-refractivity contribution in [1.82, 2.24) is 0 Å². The quantitative estimate of drug-likeness (QED) is 0.0195. The lowest BCUT2D eigenvalue weighted by Gasteiger charge is -2.28. The van der Waals surface area contributed by atoms with Crippen LogP contribution in [0.15, 0.2) is 36.5 Å². The Hall–Kier alpha value is -1.77. The van der Waals surface area contributed by atoms with Gasteiger partial charge in [0.1, 0.15) is 19.8 Å². The van der Waals surface area contributed by atoms with Gasteiger partial charge in [-0.1, -0.05) is 294 Å². The van der Waals surface area contributed by atoms with Crippen LogP contribution < -0.4 is 4.89 Å². The molecule has 0 aromatic carbocycles. The number of phosphoric acid groups is 1. The van der Waals surface area contributed by atoms with Crippen LogP contribution in [0.1, 0.15) is 322 Å². The SMILES string of the molecule is CCCCCCC/C=C\C/C=C\C/C=C\CCCCCCCCCCC(=O)OC(COC(=O)CCCCCCCCCCCCCCCCCCCCCCCCCCCCCCC)COP(=O)([O-])OCC[N+](C)(C)C. The Labute approximate surface area is 471 Å². The first-order valence-corrected chi connectivity index (χ1v) is 34.2. The lowest BCUT2D eigenvalue weighted by atomic mass is 10.0. The second kappa shape index (κ2) is 57.9. The summed E-state index contributed by atoms with van der Waals surface area (Å²) in [5.74, 6) is -0.826. The molecule has 76 heavy (non-hydrogen) atoms. The highest BCUT2D eigenvalue weighted by atomic mass is 31.2. The standard InChI is InChI=1S/C66H126NO8P/c1-6-8-10-12-14-16-18-20-22-24-26-28-30-31-32-33-34-35-37-38-40-42-44-46-48-50-52-54-56-58-65(68)72-62-64(63-74-76(70,71)73-61-60-67(3,4)5)75-66(69)59-57-55-53-51-49-47-45-43-41-39-36-29-27-25-23-21-19-17-15-13-11-9-7-2/h19,21,25,27,36,39,64H,6-18,20,22-24,26,28-35,37-38,40-63H2,1-5H3/b21-19-,27-25-,39-36-. The maximum atomic E-state index is 12.8. The third-order valence-corrected chi connectivity index (χ3v) is 15.6. The average molecular weight is 1090 g/mol. The zero-order chi connectivity index (χ0) is 55.6. The monoisotopic (exact) mass is 1090 g/mol. The number of hydrogen-bond acceptors (Lipinski definition) is 8. The van der Waals surface area contributed by atoms with Crippen molar-refractivity contribution in [3.05, 3.63) is 36.5 Å². The molecule has 0 bridgehead atoms. The Morgan fingerprint density at radius 2 is 0.711 bits per heavy atom. The highest BCUT2D eigenvalue weighted by molar-refractivity contribution is 7.45. The first-order chi connectivity index (χ1) is 37.0. The normalized spacial score (nSPS) is 13.4. The van der Waals surface area contributed by atoms with Gasteiger partial charge in [-0.15, -0.1) is 0 Å². The average Bonchev–Trinajstić information content (AvgIpc) is 3.38. The Morgan fingerprint density at radius 3 is 1.05 bits per heavy atom. The number of allylic oxidation sites excluding steroid dienone is 6. The van der Waals surface area contributed by atoms with E-state index in [0.29, 0.717) is 17.4 Å². The molecule has 0 saturated carbocycles. The second-order valence-electron chi connectivity index (χ2n) is 23.5. The highest BCUT2D eigenvalue weighted by Gasteiger charge is 2.22. The molecule has 0 aliphatic rings. The molecule has 0 saturated heterocycles. The van der Waals surface area contributed by atoms with Gasteiger partial charge in [0, 0.05) is 12.8 Å². The summed E-state index contributed by atoms with van der Waals surface area (Å²) in [6.45, 7) is 4.28. The van der Waals surface area contributed by atoms with Crippen LogP contribution in [0.3, 0.4) is 0 Å². The van der Waals surface area contributed by atoms with Crippen molar-refractivity contribution in [3.8, 4) is 0 Å². The summed E-state index contributed by atoms with van der Waals surface area (Å²) in [5, 5.41) is 0.